The van der Waals surface area contributed by atoms with Crippen molar-refractivity contribution in [3.63, 3.8) is 0 Å². The van der Waals surface area contributed by atoms with E-state index >= 15 is 0 Å². The minimum Gasteiger partial charge on any atom is -0.338 e. The van der Waals surface area contributed by atoms with E-state index in [1.54, 1.807) is 30.1 Å². The SMILES string of the molecule is Cc1ccc(NC(=O)CN(C)C(=O)C2CCCN(C(=O)c3ccc(Cl)c(Cl)c3)C2)cc1. The Bertz CT molecular complexity index is 979. The van der Waals surface area contributed by atoms with Gasteiger partial charge in [-0.2, -0.15) is 0 Å². The van der Waals surface area contributed by atoms with Crippen LogP contribution in [-0.2, 0) is 9.59 Å². The molecule has 0 aromatic heterocycles. The van der Waals surface area contributed by atoms with Gasteiger partial charge in [-0.05, 0) is 50.1 Å². The number of anilines is 1. The number of likely N-dealkylation sites (tertiary alicyclic amines) is 1. The van der Waals surface area contributed by atoms with Gasteiger partial charge in [-0.1, -0.05) is 40.9 Å². The van der Waals surface area contributed by atoms with E-state index in [1.165, 1.54) is 4.90 Å². The predicted molar refractivity (Wildman–Crippen MR) is 123 cm³/mol. The van der Waals surface area contributed by atoms with Crippen LogP contribution in [0.15, 0.2) is 42.5 Å². The van der Waals surface area contributed by atoms with Gasteiger partial charge in [0.2, 0.25) is 11.8 Å². The second-order valence-corrected chi connectivity index (χ2v) is 8.64. The van der Waals surface area contributed by atoms with Crippen molar-refractivity contribution in [3.05, 3.63) is 63.6 Å². The van der Waals surface area contributed by atoms with E-state index in [0.29, 0.717) is 47.2 Å². The summed E-state index contributed by atoms with van der Waals surface area (Å²) in [6.45, 7) is 2.80. The van der Waals surface area contributed by atoms with Crippen LogP contribution in [-0.4, -0.2) is 54.2 Å². The zero-order valence-corrected chi connectivity index (χ0v) is 19.0. The minimum absolute atomic E-state index is 0.0516. The smallest absolute Gasteiger partial charge is 0.253 e. The molecule has 1 aliphatic heterocycles. The van der Waals surface area contributed by atoms with Gasteiger partial charge in [-0.3, -0.25) is 14.4 Å². The summed E-state index contributed by atoms with van der Waals surface area (Å²) < 4.78 is 0. The van der Waals surface area contributed by atoms with Crippen LogP contribution in [0, 0.1) is 12.8 Å². The number of amides is 3. The van der Waals surface area contributed by atoms with E-state index in [-0.39, 0.29) is 30.2 Å². The molecule has 8 heteroatoms. The highest BCUT2D eigenvalue weighted by Gasteiger charge is 2.31. The maximum atomic E-state index is 12.9. The topological polar surface area (TPSA) is 69.7 Å². The van der Waals surface area contributed by atoms with Gasteiger partial charge in [0.05, 0.1) is 22.5 Å². The second-order valence-electron chi connectivity index (χ2n) is 7.83. The van der Waals surface area contributed by atoms with E-state index in [0.717, 1.165) is 5.56 Å². The van der Waals surface area contributed by atoms with Crippen LogP contribution in [0.5, 0.6) is 0 Å². The number of likely N-dealkylation sites (N-methyl/N-ethyl adjacent to an activating group) is 1. The van der Waals surface area contributed by atoms with E-state index in [9.17, 15) is 14.4 Å². The van der Waals surface area contributed by atoms with E-state index in [1.807, 2.05) is 31.2 Å². The van der Waals surface area contributed by atoms with Crippen LogP contribution in [0.1, 0.15) is 28.8 Å². The summed E-state index contributed by atoms with van der Waals surface area (Å²) in [4.78, 5) is 41.1. The molecule has 0 bridgehead atoms. The third-order valence-electron chi connectivity index (χ3n) is 5.32. The van der Waals surface area contributed by atoms with Crippen LogP contribution in [0.2, 0.25) is 10.0 Å². The molecule has 2 aromatic carbocycles. The number of halogens is 2. The summed E-state index contributed by atoms with van der Waals surface area (Å²) in [6.07, 6.45) is 1.39. The molecule has 1 fully saturated rings. The number of carbonyl (C=O) groups excluding carboxylic acids is 3. The lowest BCUT2D eigenvalue weighted by Gasteiger charge is -2.34. The molecule has 0 saturated carbocycles. The number of hydrogen-bond acceptors (Lipinski definition) is 3. The first kappa shape index (κ1) is 23.1. The van der Waals surface area contributed by atoms with Crippen molar-refractivity contribution in [1.82, 2.24) is 9.80 Å². The highest BCUT2D eigenvalue weighted by atomic mass is 35.5. The average molecular weight is 462 g/mol. The molecule has 1 unspecified atom stereocenters. The van der Waals surface area contributed by atoms with Crippen LogP contribution in [0.4, 0.5) is 5.69 Å². The summed E-state index contributed by atoms with van der Waals surface area (Å²) in [5, 5.41) is 3.50. The molecule has 3 amide bonds. The fraction of sp³-hybridized carbons (Fsp3) is 0.348. The Hall–Kier alpha value is -2.57. The lowest BCUT2D eigenvalue weighted by Crippen LogP contribution is -2.47. The summed E-state index contributed by atoms with van der Waals surface area (Å²) in [5.41, 5.74) is 2.23. The largest absolute Gasteiger partial charge is 0.338 e. The molecular weight excluding hydrogens is 437 g/mol. The van der Waals surface area contributed by atoms with Gasteiger partial charge in [0.25, 0.3) is 5.91 Å². The van der Waals surface area contributed by atoms with Crippen molar-refractivity contribution < 1.29 is 14.4 Å². The summed E-state index contributed by atoms with van der Waals surface area (Å²) in [5.74, 6) is -0.946. The van der Waals surface area contributed by atoms with Gasteiger partial charge in [-0.25, -0.2) is 0 Å². The number of piperidine rings is 1. The maximum Gasteiger partial charge on any atom is 0.253 e. The Balaban J connectivity index is 1.57. The van der Waals surface area contributed by atoms with Crippen molar-refractivity contribution in [1.29, 1.82) is 0 Å². The normalized spacial score (nSPS) is 16.0. The number of carbonyl (C=O) groups is 3. The number of benzene rings is 2. The van der Waals surface area contributed by atoms with Crippen LogP contribution in [0.3, 0.4) is 0 Å². The first-order valence-corrected chi connectivity index (χ1v) is 10.9. The minimum atomic E-state index is -0.349. The highest BCUT2D eigenvalue weighted by Crippen LogP contribution is 2.25. The lowest BCUT2D eigenvalue weighted by atomic mass is 9.96. The molecule has 164 valence electrons. The number of nitrogens with zero attached hydrogens (tertiary/aromatic N) is 2. The van der Waals surface area contributed by atoms with Crippen LogP contribution < -0.4 is 5.32 Å². The maximum absolute atomic E-state index is 12.9. The Morgan fingerprint density at radius 3 is 2.48 bits per heavy atom. The lowest BCUT2D eigenvalue weighted by molar-refractivity contribution is -0.138. The molecule has 2 aromatic rings. The van der Waals surface area contributed by atoms with Gasteiger partial charge in [0.1, 0.15) is 0 Å². The van der Waals surface area contributed by atoms with E-state index in [2.05, 4.69) is 5.32 Å². The zero-order valence-electron chi connectivity index (χ0n) is 17.5. The van der Waals surface area contributed by atoms with Gasteiger partial charge in [0, 0.05) is 31.4 Å². The Morgan fingerprint density at radius 2 is 1.81 bits per heavy atom. The van der Waals surface area contributed by atoms with Gasteiger partial charge < -0.3 is 15.1 Å². The van der Waals surface area contributed by atoms with Crippen molar-refractivity contribution in [2.45, 2.75) is 19.8 Å². The van der Waals surface area contributed by atoms with Crippen molar-refractivity contribution in [2.24, 2.45) is 5.92 Å². The van der Waals surface area contributed by atoms with Crippen LogP contribution in [0.25, 0.3) is 0 Å². The molecule has 6 nitrogen and oxygen atoms in total. The molecule has 1 aliphatic rings. The first-order valence-electron chi connectivity index (χ1n) is 10.1. The van der Waals surface area contributed by atoms with Gasteiger partial charge in [0.15, 0.2) is 0 Å². The van der Waals surface area contributed by atoms with Crippen molar-refractivity contribution in [2.75, 3.05) is 32.0 Å². The molecule has 1 atom stereocenters. The molecule has 0 radical (unpaired) electrons. The monoisotopic (exact) mass is 461 g/mol. The molecule has 1 heterocycles. The molecule has 3 rings (SSSR count). The quantitative estimate of drug-likeness (QED) is 0.723. The summed E-state index contributed by atoms with van der Waals surface area (Å²) in [7, 11) is 1.61. The van der Waals surface area contributed by atoms with Gasteiger partial charge in [-0.15, -0.1) is 0 Å². The molecule has 1 N–H and O–H groups in total. The molecule has 0 spiro atoms. The third kappa shape index (κ3) is 5.99. The molecule has 31 heavy (non-hydrogen) atoms. The summed E-state index contributed by atoms with van der Waals surface area (Å²) in [6, 6.07) is 12.2. The Morgan fingerprint density at radius 1 is 1.10 bits per heavy atom. The van der Waals surface area contributed by atoms with Crippen molar-refractivity contribution >= 4 is 46.6 Å². The average Bonchev–Trinajstić information content (AvgIpc) is 2.76. The number of rotatable bonds is 5. The summed E-state index contributed by atoms with van der Waals surface area (Å²) >= 11 is 12.0. The van der Waals surface area contributed by atoms with Crippen LogP contribution >= 0.6 is 23.2 Å². The molecule has 0 aliphatic carbocycles. The van der Waals surface area contributed by atoms with E-state index in [4.69, 9.17) is 23.2 Å². The molecular formula is C23H25Cl2N3O3. The predicted octanol–water partition coefficient (Wildman–Crippen LogP) is 4.25. The zero-order chi connectivity index (χ0) is 22.5. The second kappa shape index (κ2) is 10.2. The Kier molecular flexibility index (Phi) is 7.57. The number of hydrogen-bond donors (Lipinski definition) is 1. The van der Waals surface area contributed by atoms with Gasteiger partial charge >= 0.3 is 0 Å². The van der Waals surface area contributed by atoms with Crippen molar-refractivity contribution in [3.8, 4) is 0 Å². The fourth-order valence-electron chi connectivity index (χ4n) is 3.62. The highest BCUT2D eigenvalue weighted by molar-refractivity contribution is 6.42. The number of aryl methyl sites for hydroxylation is 1. The van der Waals surface area contributed by atoms with E-state index < -0.39 is 0 Å². The molecule has 1 saturated heterocycles. The first-order chi connectivity index (χ1) is 14.7. The number of nitrogens with one attached hydrogen (secondary N) is 1. The fourth-order valence-corrected chi connectivity index (χ4v) is 3.92. The Labute approximate surface area is 192 Å². The standard InChI is InChI=1S/C23H25Cl2N3O3/c1-15-5-8-18(9-6-15)26-21(29)14-27(2)22(30)17-4-3-11-28(13-17)23(31)16-7-10-19(24)20(25)12-16/h5-10,12,17H,3-4,11,13-14H2,1-2H3,(H,26,29). The third-order valence-corrected chi connectivity index (χ3v) is 6.06.